The summed E-state index contributed by atoms with van der Waals surface area (Å²) in [4.78, 5) is 15.5. The van der Waals surface area contributed by atoms with Crippen LogP contribution in [0, 0.1) is 0 Å². The molecule has 0 atom stereocenters. The molecule has 52 heavy (non-hydrogen) atoms. The van der Waals surface area contributed by atoms with Crippen LogP contribution < -0.4 is 0 Å². The molecule has 0 N–H and O–H groups in total. The van der Waals surface area contributed by atoms with Gasteiger partial charge in [0.1, 0.15) is 5.58 Å². The Morgan fingerprint density at radius 1 is 0.365 bits per heavy atom. The molecular weight excluding hydrogens is 701 g/mol. The van der Waals surface area contributed by atoms with E-state index in [1.54, 1.807) is 0 Å². The number of furan rings is 1. The number of nitrogens with zero attached hydrogens (tertiary/aromatic N) is 3. The molecule has 0 amide bonds. The van der Waals surface area contributed by atoms with Crippen LogP contribution in [-0.2, 0) is 0 Å². The van der Waals surface area contributed by atoms with Crippen LogP contribution in [-0.4, -0.2) is 29.5 Å². The van der Waals surface area contributed by atoms with Crippen molar-refractivity contribution in [2.45, 2.75) is 0 Å². The summed E-state index contributed by atoms with van der Waals surface area (Å²) in [5.41, 5.74) is 7.16. The fourth-order valence-electron chi connectivity index (χ4n) is 7.68. The zero-order valence-corrected chi connectivity index (χ0v) is 29.5. The Labute approximate surface area is 304 Å². The van der Waals surface area contributed by atoms with Gasteiger partial charge in [-0.05, 0) is 6.07 Å². The van der Waals surface area contributed by atoms with Gasteiger partial charge in [-0.1, -0.05) is 18.2 Å². The summed E-state index contributed by atoms with van der Waals surface area (Å²) in [5, 5.41) is 9.67. The molecule has 0 saturated carbocycles. The average molecular weight is 729 g/mol. The van der Waals surface area contributed by atoms with Crippen LogP contribution in [0.4, 0.5) is 0 Å². The summed E-state index contributed by atoms with van der Waals surface area (Å²) in [6.07, 6.45) is 0. The van der Waals surface area contributed by atoms with Crippen molar-refractivity contribution < 1.29 is 4.42 Å². The monoisotopic (exact) mass is 729 g/mol. The molecule has 3 aromatic heterocycles. The van der Waals surface area contributed by atoms with Gasteiger partial charge in [-0.2, -0.15) is 0 Å². The number of aromatic nitrogens is 3. The summed E-state index contributed by atoms with van der Waals surface area (Å²) in [7, 11) is 0. The number of para-hydroxylation sites is 1. The van der Waals surface area contributed by atoms with Gasteiger partial charge in [0.2, 0.25) is 0 Å². The van der Waals surface area contributed by atoms with Gasteiger partial charge < -0.3 is 4.42 Å². The van der Waals surface area contributed by atoms with E-state index in [1.807, 2.05) is 48.5 Å². The predicted molar refractivity (Wildman–Crippen MR) is 216 cm³/mol. The molecule has 5 heteroatoms. The molecule has 0 bridgehead atoms. The first-order chi connectivity index (χ1) is 25.8. The molecule has 8 aromatic carbocycles. The van der Waals surface area contributed by atoms with Gasteiger partial charge in [-0.3, -0.25) is 0 Å². The van der Waals surface area contributed by atoms with Gasteiger partial charge in [-0.15, -0.1) is 0 Å². The van der Waals surface area contributed by atoms with Gasteiger partial charge in [0.15, 0.2) is 0 Å². The molecule has 242 valence electrons. The molecule has 0 fully saturated rings. The normalized spacial score (nSPS) is 11.8. The Balaban J connectivity index is 1.16. The molecule has 11 aromatic rings. The van der Waals surface area contributed by atoms with Crippen LogP contribution in [0.1, 0.15) is 0 Å². The van der Waals surface area contributed by atoms with Gasteiger partial charge in [0.25, 0.3) is 0 Å². The van der Waals surface area contributed by atoms with E-state index in [2.05, 4.69) is 115 Å². The van der Waals surface area contributed by atoms with E-state index in [-0.39, 0.29) is 14.5 Å². The van der Waals surface area contributed by atoms with Crippen LogP contribution in [0.15, 0.2) is 168 Å². The molecule has 0 aliphatic carbocycles. The molecule has 0 aliphatic rings. The van der Waals surface area contributed by atoms with Crippen molar-refractivity contribution in [2.24, 2.45) is 0 Å². The van der Waals surface area contributed by atoms with Crippen molar-refractivity contribution in [1.29, 1.82) is 0 Å². The maximum absolute atomic E-state index is 6.15. The second-order valence-electron chi connectivity index (χ2n) is 13.1. The third-order valence-corrected chi connectivity index (χ3v) is 12.8. The van der Waals surface area contributed by atoms with E-state index in [0.29, 0.717) is 17.5 Å². The van der Waals surface area contributed by atoms with Crippen LogP contribution in [0.3, 0.4) is 0 Å². The van der Waals surface area contributed by atoms with E-state index >= 15 is 0 Å². The summed E-state index contributed by atoms with van der Waals surface area (Å²) in [5.74, 6) is 1.92. The van der Waals surface area contributed by atoms with E-state index in [0.717, 1.165) is 44.0 Å². The molecule has 0 unspecified atom stereocenters. The third-order valence-electron chi connectivity index (χ3n) is 10.1. The van der Waals surface area contributed by atoms with Crippen molar-refractivity contribution in [1.82, 2.24) is 15.0 Å². The summed E-state index contributed by atoms with van der Waals surface area (Å²) < 4.78 is 9.04. The van der Waals surface area contributed by atoms with Crippen molar-refractivity contribution in [3.63, 3.8) is 0 Å². The number of hydrogen-bond acceptors (Lipinski definition) is 4. The zero-order chi connectivity index (χ0) is 34.2. The van der Waals surface area contributed by atoms with Crippen LogP contribution in [0.25, 0.3) is 108 Å². The topological polar surface area (TPSA) is 51.8 Å². The van der Waals surface area contributed by atoms with Gasteiger partial charge in [0, 0.05) is 0 Å². The number of benzene rings is 8. The number of hydrogen-bond donors (Lipinski definition) is 0. The van der Waals surface area contributed by atoms with Crippen LogP contribution in [0.2, 0.25) is 0 Å². The van der Waals surface area contributed by atoms with Crippen molar-refractivity contribution in [2.75, 3.05) is 0 Å². The van der Waals surface area contributed by atoms with Gasteiger partial charge in [0.05, 0.1) is 0 Å². The predicted octanol–water partition coefficient (Wildman–Crippen LogP) is 12.1. The molecule has 0 radical (unpaired) electrons. The zero-order valence-electron chi connectivity index (χ0n) is 27.7. The summed E-state index contributed by atoms with van der Waals surface area (Å²) >= 11 is 0.137. The minimum atomic E-state index is 0.137. The standard InChI is InChI=1S/C47H27N3OSe/c1-3-12-28(13-4-1)32-19-11-20-36-37-24-22-30-26-39(33-16-7-8-18-35(33)42(30)44(37)52-43(32)36)47-49-45(29-14-5-2-6-15-29)48-46(50-47)31-23-25-41-38(27-31)34-17-9-10-21-40(34)51-41/h1-27H. The third kappa shape index (κ3) is 4.57. The summed E-state index contributed by atoms with van der Waals surface area (Å²) in [6, 6.07) is 57.7. The Morgan fingerprint density at radius 2 is 1.00 bits per heavy atom. The second-order valence-corrected chi connectivity index (χ2v) is 15.3. The Morgan fingerprint density at radius 3 is 1.83 bits per heavy atom. The van der Waals surface area contributed by atoms with Crippen molar-refractivity contribution in [3.05, 3.63) is 164 Å². The first-order valence-electron chi connectivity index (χ1n) is 17.4. The molecule has 0 aliphatic heterocycles. The average Bonchev–Trinajstić information content (AvgIpc) is 3.79. The summed E-state index contributed by atoms with van der Waals surface area (Å²) in [6.45, 7) is 0. The molecule has 3 heterocycles. The first-order valence-corrected chi connectivity index (χ1v) is 19.1. The number of fused-ring (bicyclic) bond motifs is 10. The molecule has 0 saturated heterocycles. The maximum atomic E-state index is 6.15. The number of rotatable bonds is 4. The van der Waals surface area contributed by atoms with E-state index in [1.165, 1.54) is 46.6 Å². The van der Waals surface area contributed by atoms with Crippen molar-refractivity contribution in [3.8, 4) is 45.3 Å². The fraction of sp³-hybridized carbons (Fsp3) is 0. The van der Waals surface area contributed by atoms with E-state index in [9.17, 15) is 0 Å². The van der Waals surface area contributed by atoms with E-state index in [4.69, 9.17) is 19.4 Å². The molecule has 11 rings (SSSR count). The molecule has 0 spiro atoms. The second kappa shape index (κ2) is 11.6. The molecular formula is C47H27N3OSe. The van der Waals surface area contributed by atoms with Crippen LogP contribution >= 0.6 is 0 Å². The molecule has 4 nitrogen and oxygen atoms in total. The quantitative estimate of drug-likeness (QED) is 0.134. The Hall–Kier alpha value is -6.39. The van der Waals surface area contributed by atoms with Crippen LogP contribution in [0.5, 0.6) is 0 Å². The Kier molecular flexibility index (Phi) is 6.53. The minimum absolute atomic E-state index is 0.137. The fourth-order valence-corrected chi connectivity index (χ4v) is 10.6. The SMILES string of the molecule is c1ccc(-c2nc(-c3ccc4oc5ccccc5c4c3)nc(-c3cc4ccc5c6cccc(-c7ccccc7)c6[se]c5c4c4ccccc34)n2)cc1. The first kappa shape index (κ1) is 29.4. The Bertz CT molecular complexity index is 3180. The van der Waals surface area contributed by atoms with Crippen molar-refractivity contribution >= 4 is 77.3 Å². The van der Waals surface area contributed by atoms with E-state index < -0.39 is 0 Å². The van der Waals surface area contributed by atoms with Gasteiger partial charge in [-0.25, -0.2) is 0 Å². The van der Waals surface area contributed by atoms with Gasteiger partial charge >= 0.3 is 271 Å².